The van der Waals surface area contributed by atoms with Crippen LogP contribution in [0.3, 0.4) is 0 Å². The maximum absolute atomic E-state index is 12.0. The van der Waals surface area contributed by atoms with Gasteiger partial charge in [0, 0.05) is 0 Å². The number of allylic oxidation sites excluding steroid dienone is 2. The van der Waals surface area contributed by atoms with E-state index in [1.54, 1.807) is 6.26 Å². The number of aliphatic carboxylic acids is 1. The molecule has 0 amide bonds. The molecule has 1 aromatic heterocycles. The molecule has 1 fully saturated rings. The van der Waals surface area contributed by atoms with E-state index in [2.05, 4.69) is 19.9 Å². The van der Waals surface area contributed by atoms with Crippen molar-refractivity contribution < 1.29 is 14.3 Å². The number of fused-ring (bicyclic) bond motifs is 1. The zero-order valence-corrected chi connectivity index (χ0v) is 14.5. The summed E-state index contributed by atoms with van der Waals surface area (Å²) in [7, 11) is 0. The lowest BCUT2D eigenvalue weighted by Gasteiger charge is -2.56. The molecule has 1 saturated carbocycles. The number of carboxylic acid groups (broad SMARTS) is 1. The van der Waals surface area contributed by atoms with Crippen LogP contribution in [0.1, 0.15) is 58.4 Å². The molecule has 4 atom stereocenters. The molecule has 0 aromatic carbocycles. The van der Waals surface area contributed by atoms with Crippen molar-refractivity contribution in [3.05, 3.63) is 35.8 Å². The number of aryl methyl sites for hydroxylation is 1. The summed E-state index contributed by atoms with van der Waals surface area (Å²) in [6, 6.07) is 2.03. The lowest BCUT2D eigenvalue weighted by atomic mass is 9.47. The number of hydrogen-bond donors (Lipinski definition) is 1. The Hall–Kier alpha value is -1.51. The molecule has 1 N–H and O–H groups in total. The third kappa shape index (κ3) is 2.64. The Labute approximate surface area is 138 Å². The van der Waals surface area contributed by atoms with Gasteiger partial charge < -0.3 is 9.52 Å². The van der Waals surface area contributed by atoms with Crippen molar-refractivity contribution in [3.8, 4) is 0 Å². The minimum Gasteiger partial charge on any atom is -0.481 e. The molecule has 0 unspecified atom stereocenters. The van der Waals surface area contributed by atoms with Crippen molar-refractivity contribution in [2.75, 3.05) is 0 Å². The van der Waals surface area contributed by atoms with Crippen molar-refractivity contribution in [2.45, 2.75) is 59.3 Å². The molecule has 0 saturated heterocycles. The van der Waals surface area contributed by atoms with Gasteiger partial charge in [-0.15, -0.1) is 0 Å². The average molecular weight is 316 g/mol. The van der Waals surface area contributed by atoms with E-state index in [4.69, 9.17) is 4.42 Å². The van der Waals surface area contributed by atoms with E-state index < -0.39 is 11.4 Å². The predicted molar refractivity (Wildman–Crippen MR) is 90.1 cm³/mol. The van der Waals surface area contributed by atoms with Gasteiger partial charge >= 0.3 is 5.97 Å². The van der Waals surface area contributed by atoms with Gasteiger partial charge in [0.2, 0.25) is 0 Å². The van der Waals surface area contributed by atoms with E-state index in [1.165, 1.54) is 11.1 Å². The highest BCUT2D eigenvalue weighted by Crippen LogP contribution is 2.60. The second-order valence-corrected chi connectivity index (χ2v) is 8.04. The van der Waals surface area contributed by atoms with E-state index in [0.717, 1.165) is 38.5 Å². The smallest absolute Gasteiger partial charge is 0.309 e. The molecule has 0 bridgehead atoms. The summed E-state index contributed by atoms with van der Waals surface area (Å²) < 4.78 is 5.19. The number of carboxylic acids is 1. The fraction of sp³-hybridized carbons (Fsp3) is 0.650. The normalized spacial score (nSPS) is 37.1. The zero-order chi connectivity index (χ0) is 16.7. The fourth-order valence-electron chi connectivity index (χ4n) is 5.38. The summed E-state index contributed by atoms with van der Waals surface area (Å²) in [6.45, 7) is 6.54. The standard InChI is InChI=1S/C20H28O3/c1-14-5-8-17-19(2,10-4-11-20(17,3)18(21)22)16(14)7-6-15-9-12-23-13-15/h5,9,12-13,16-17H,4,6-8,10-11H2,1-3H3,(H,21,22)/t16-,17-,19+,20-/m0/s1. The Morgan fingerprint density at radius 1 is 1.39 bits per heavy atom. The van der Waals surface area contributed by atoms with Crippen LogP contribution < -0.4 is 0 Å². The minimum absolute atomic E-state index is 0.0912. The third-order valence-corrected chi connectivity index (χ3v) is 6.79. The van der Waals surface area contributed by atoms with E-state index in [0.29, 0.717) is 5.92 Å². The molecule has 3 rings (SSSR count). The molecule has 0 radical (unpaired) electrons. The van der Waals surface area contributed by atoms with Gasteiger partial charge in [-0.1, -0.05) is 25.0 Å². The Balaban J connectivity index is 1.88. The highest BCUT2D eigenvalue weighted by molar-refractivity contribution is 5.75. The molecule has 23 heavy (non-hydrogen) atoms. The van der Waals surface area contributed by atoms with E-state index in [1.807, 2.05) is 19.3 Å². The van der Waals surface area contributed by atoms with Gasteiger partial charge in [0.1, 0.15) is 0 Å². The third-order valence-electron chi connectivity index (χ3n) is 6.79. The number of hydrogen-bond acceptors (Lipinski definition) is 2. The van der Waals surface area contributed by atoms with Gasteiger partial charge in [-0.25, -0.2) is 0 Å². The van der Waals surface area contributed by atoms with E-state index in [9.17, 15) is 9.90 Å². The van der Waals surface area contributed by atoms with Crippen LogP contribution in [-0.2, 0) is 11.2 Å². The Morgan fingerprint density at radius 2 is 2.17 bits per heavy atom. The molecule has 0 spiro atoms. The van der Waals surface area contributed by atoms with Crippen molar-refractivity contribution in [2.24, 2.45) is 22.7 Å². The Bertz CT molecular complexity index is 600. The predicted octanol–water partition coefficient (Wildman–Crippen LogP) is 5.08. The maximum atomic E-state index is 12.0. The number of rotatable bonds is 4. The summed E-state index contributed by atoms with van der Waals surface area (Å²) >= 11 is 0. The first-order chi connectivity index (χ1) is 10.9. The van der Waals surface area contributed by atoms with Gasteiger partial charge in [0.05, 0.1) is 17.9 Å². The van der Waals surface area contributed by atoms with Crippen LogP contribution in [0.4, 0.5) is 0 Å². The second-order valence-electron chi connectivity index (χ2n) is 8.04. The van der Waals surface area contributed by atoms with Gasteiger partial charge in [-0.3, -0.25) is 4.79 Å². The molecule has 0 aliphatic heterocycles. The molecular weight excluding hydrogens is 288 g/mol. The molecule has 3 heteroatoms. The summed E-state index contributed by atoms with van der Waals surface area (Å²) in [5.74, 6) is 0.0874. The molecular formula is C20H28O3. The lowest BCUT2D eigenvalue weighted by Crippen LogP contribution is -2.52. The Morgan fingerprint density at radius 3 is 2.83 bits per heavy atom. The quantitative estimate of drug-likeness (QED) is 0.788. The first-order valence-corrected chi connectivity index (χ1v) is 8.79. The van der Waals surface area contributed by atoms with E-state index in [-0.39, 0.29) is 11.3 Å². The summed E-state index contributed by atoms with van der Waals surface area (Å²) in [5.41, 5.74) is 2.19. The van der Waals surface area contributed by atoms with Crippen LogP contribution in [-0.4, -0.2) is 11.1 Å². The monoisotopic (exact) mass is 316 g/mol. The maximum Gasteiger partial charge on any atom is 0.309 e. The van der Waals surface area contributed by atoms with Crippen LogP contribution in [0.5, 0.6) is 0 Å². The van der Waals surface area contributed by atoms with Crippen LogP contribution in [0.25, 0.3) is 0 Å². The van der Waals surface area contributed by atoms with Crippen molar-refractivity contribution >= 4 is 5.97 Å². The van der Waals surface area contributed by atoms with Gasteiger partial charge in [-0.2, -0.15) is 0 Å². The first kappa shape index (κ1) is 16.4. The van der Waals surface area contributed by atoms with Crippen LogP contribution >= 0.6 is 0 Å². The Kier molecular flexibility index (Phi) is 4.16. The molecule has 2 aliphatic carbocycles. The van der Waals surface area contributed by atoms with Crippen LogP contribution in [0, 0.1) is 22.7 Å². The van der Waals surface area contributed by atoms with Crippen molar-refractivity contribution in [3.63, 3.8) is 0 Å². The molecule has 2 aliphatic rings. The molecule has 1 aromatic rings. The molecule has 1 heterocycles. The first-order valence-electron chi connectivity index (χ1n) is 8.79. The SMILES string of the molecule is CC1=CC[C@H]2[C@](C)(CCC[C@]2(C)C(=O)O)[C@H]1CCc1ccoc1. The van der Waals surface area contributed by atoms with Gasteiger partial charge in [0.15, 0.2) is 0 Å². The second kappa shape index (κ2) is 5.85. The minimum atomic E-state index is -0.616. The summed E-state index contributed by atoms with van der Waals surface area (Å²) in [6.07, 6.45) is 11.8. The van der Waals surface area contributed by atoms with Gasteiger partial charge in [0.25, 0.3) is 0 Å². The lowest BCUT2D eigenvalue weighted by molar-refractivity contribution is -0.162. The van der Waals surface area contributed by atoms with Crippen LogP contribution in [0.15, 0.2) is 34.7 Å². The van der Waals surface area contributed by atoms with Crippen LogP contribution in [0.2, 0.25) is 0 Å². The molecule has 126 valence electrons. The highest BCUT2D eigenvalue weighted by Gasteiger charge is 2.56. The van der Waals surface area contributed by atoms with Crippen molar-refractivity contribution in [1.82, 2.24) is 0 Å². The largest absolute Gasteiger partial charge is 0.481 e. The molecule has 3 nitrogen and oxygen atoms in total. The summed E-state index contributed by atoms with van der Waals surface area (Å²) in [5, 5.41) is 9.85. The zero-order valence-electron chi connectivity index (χ0n) is 14.5. The fourth-order valence-corrected chi connectivity index (χ4v) is 5.38. The number of carbonyl (C=O) groups is 1. The number of furan rings is 1. The highest BCUT2D eigenvalue weighted by atomic mass is 16.4. The van der Waals surface area contributed by atoms with E-state index >= 15 is 0 Å². The summed E-state index contributed by atoms with van der Waals surface area (Å²) in [4.78, 5) is 12.0. The average Bonchev–Trinajstić information content (AvgIpc) is 2.99. The van der Waals surface area contributed by atoms with Crippen molar-refractivity contribution in [1.29, 1.82) is 0 Å². The topological polar surface area (TPSA) is 50.4 Å². The van der Waals surface area contributed by atoms with Gasteiger partial charge in [-0.05, 0) is 74.8 Å².